The van der Waals surface area contributed by atoms with E-state index in [9.17, 15) is 0 Å². The number of halogens is 3. The molecule has 0 spiro atoms. The molecule has 0 radical (unpaired) electrons. The van der Waals surface area contributed by atoms with Gasteiger partial charge in [0.2, 0.25) is 0 Å². The summed E-state index contributed by atoms with van der Waals surface area (Å²) in [6.45, 7) is 0.598. The molecule has 2 nitrogen and oxygen atoms in total. The minimum absolute atomic E-state index is 0.598. The molecular weight excluding hydrogens is 349 g/mol. The second kappa shape index (κ2) is 6.51. The zero-order valence-corrected chi connectivity index (χ0v) is 13.3. The second-order valence-corrected chi connectivity index (χ2v) is 5.58. The van der Waals surface area contributed by atoms with Crippen LogP contribution in [0.2, 0.25) is 10.0 Å². The number of hydrogen-bond donors (Lipinski definition) is 1. The van der Waals surface area contributed by atoms with Gasteiger partial charge in [0.1, 0.15) is 5.75 Å². The summed E-state index contributed by atoms with van der Waals surface area (Å²) < 4.78 is 6.21. The third-order valence-corrected chi connectivity index (χ3v) is 4.07. The Hall–Kier alpha value is -0.900. The van der Waals surface area contributed by atoms with Crippen LogP contribution in [0.5, 0.6) is 5.75 Å². The fraction of sp³-hybridized carbons (Fsp3) is 0.143. The predicted octanol–water partition coefficient (Wildman–Crippen LogP) is 5.38. The summed E-state index contributed by atoms with van der Waals surface area (Å²) in [5.74, 6) is 0.810. The molecular formula is C14H12BrCl2NO. The molecule has 0 aliphatic rings. The fourth-order valence-corrected chi connectivity index (χ4v) is 2.58. The van der Waals surface area contributed by atoms with E-state index in [0.717, 1.165) is 21.5 Å². The first-order chi connectivity index (χ1) is 9.11. The quantitative estimate of drug-likeness (QED) is 0.790. The molecule has 2 rings (SSSR count). The van der Waals surface area contributed by atoms with Gasteiger partial charge in [-0.2, -0.15) is 0 Å². The molecule has 100 valence electrons. The molecule has 2 aromatic rings. The van der Waals surface area contributed by atoms with Crippen LogP contribution < -0.4 is 10.1 Å². The van der Waals surface area contributed by atoms with Crippen molar-refractivity contribution in [1.29, 1.82) is 0 Å². The van der Waals surface area contributed by atoms with E-state index in [1.54, 1.807) is 19.2 Å². The smallest absolute Gasteiger partial charge is 0.119 e. The lowest BCUT2D eigenvalue weighted by Crippen LogP contribution is -2.02. The average Bonchev–Trinajstić information content (AvgIpc) is 2.40. The van der Waals surface area contributed by atoms with Crippen molar-refractivity contribution in [2.45, 2.75) is 6.54 Å². The molecule has 0 aromatic heterocycles. The SMILES string of the molecule is COc1ccc(Br)c(CNc2c(Cl)cccc2Cl)c1. The Morgan fingerprint density at radius 1 is 1.16 bits per heavy atom. The van der Waals surface area contributed by atoms with Crippen LogP contribution in [0.15, 0.2) is 40.9 Å². The molecule has 2 aromatic carbocycles. The molecule has 0 fully saturated rings. The van der Waals surface area contributed by atoms with E-state index in [-0.39, 0.29) is 0 Å². The minimum Gasteiger partial charge on any atom is -0.497 e. The predicted molar refractivity (Wildman–Crippen MR) is 84.5 cm³/mol. The highest BCUT2D eigenvalue weighted by Gasteiger charge is 2.07. The van der Waals surface area contributed by atoms with Gasteiger partial charge in [0.25, 0.3) is 0 Å². The van der Waals surface area contributed by atoms with Crippen molar-refractivity contribution < 1.29 is 4.74 Å². The van der Waals surface area contributed by atoms with E-state index in [1.807, 2.05) is 24.3 Å². The number of para-hydroxylation sites is 1. The molecule has 0 unspecified atom stereocenters. The molecule has 0 saturated heterocycles. The third-order valence-electron chi connectivity index (χ3n) is 2.67. The highest BCUT2D eigenvalue weighted by Crippen LogP contribution is 2.31. The van der Waals surface area contributed by atoms with Crippen LogP contribution in [-0.2, 0) is 6.54 Å². The maximum atomic E-state index is 6.11. The van der Waals surface area contributed by atoms with Crippen LogP contribution in [0.1, 0.15) is 5.56 Å². The first-order valence-electron chi connectivity index (χ1n) is 5.62. The van der Waals surface area contributed by atoms with Gasteiger partial charge >= 0.3 is 0 Å². The van der Waals surface area contributed by atoms with Crippen LogP contribution in [-0.4, -0.2) is 7.11 Å². The Labute approximate surface area is 130 Å². The average molecular weight is 361 g/mol. The number of ether oxygens (including phenoxy) is 1. The number of rotatable bonds is 4. The van der Waals surface area contributed by atoms with Crippen LogP contribution in [0.4, 0.5) is 5.69 Å². The first kappa shape index (κ1) is 14.5. The fourth-order valence-electron chi connectivity index (χ4n) is 1.66. The molecule has 5 heteroatoms. The van der Waals surface area contributed by atoms with Crippen molar-refractivity contribution >= 4 is 44.8 Å². The lowest BCUT2D eigenvalue weighted by atomic mass is 10.2. The van der Waals surface area contributed by atoms with Crippen molar-refractivity contribution in [2.24, 2.45) is 0 Å². The molecule has 0 amide bonds. The van der Waals surface area contributed by atoms with Gasteiger partial charge in [-0.15, -0.1) is 0 Å². The van der Waals surface area contributed by atoms with E-state index in [2.05, 4.69) is 21.2 Å². The largest absolute Gasteiger partial charge is 0.497 e. The lowest BCUT2D eigenvalue weighted by molar-refractivity contribution is 0.414. The maximum Gasteiger partial charge on any atom is 0.119 e. The molecule has 0 saturated carbocycles. The molecule has 1 N–H and O–H groups in total. The summed E-state index contributed by atoms with van der Waals surface area (Å²) in [5.41, 5.74) is 1.80. The number of nitrogens with one attached hydrogen (secondary N) is 1. The Kier molecular flexibility index (Phi) is 4.97. The van der Waals surface area contributed by atoms with Gasteiger partial charge in [0, 0.05) is 11.0 Å². The number of benzene rings is 2. The minimum atomic E-state index is 0.598. The Morgan fingerprint density at radius 2 is 1.84 bits per heavy atom. The Balaban J connectivity index is 2.19. The topological polar surface area (TPSA) is 21.3 Å². The van der Waals surface area contributed by atoms with Crippen molar-refractivity contribution in [1.82, 2.24) is 0 Å². The van der Waals surface area contributed by atoms with Crippen LogP contribution >= 0.6 is 39.1 Å². The van der Waals surface area contributed by atoms with Crippen molar-refractivity contribution in [3.05, 3.63) is 56.5 Å². The van der Waals surface area contributed by atoms with Crippen LogP contribution in [0, 0.1) is 0 Å². The number of methoxy groups -OCH3 is 1. The van der Waals surface area contributed by atoms with Crippen molar-refractivity contribution in [3.8, 4) is 5.75 Å². The number of hydrogen-bond acceptors (Lipinski definition) is 2. The maximum absolute atomic E-state index is 6.11. The Bertz CT molecular complexity index is 569. The highest BCUT2D eigenvalue weighted by molar-refractivity contribution is 9.10. The van der Waals surface area contributed by atoms with Crippen LogP contribution in [0.3, 0.4) is 0 Å². The molecule has 0 aliphatic carbocycles. The zero-order chi connectivity index (χ0) is 13.8. The van der Waals surface area contributed by atoms with Gasteiger partial charge in [-0.05, 0) is 35.9 Å². The van der Waals surface area contributed by atoms with E-state index in [1.165, 1.54) is 0 Å². The van der Waals surface area contributed by atoms with Gasteiger partial charge < -0.3 is 10.1 Å². The summed E-state index contributed by atoms with van der Waals surface area (Å²) in [4.78, 5) is 0. The standard InChI is InChI=1S/C14H12BrCl2NO/c1-19-10-5-6-11(15)9(7-10)8-18-14-12(16)3-2-4-13(14)17/h2-7,18H,8H2,1H3. The summed E-state index contributed by atoms with van der Waals surface area (Å²) in [5, 5.41) is 4.45. The van der Waals surface area contributed by atoms with Gasteiger partial charge in [0.15, 0.2) is 0 Å². The molecule has 19 heavy (non-hydrogen) atoms. The molecule has 0 atom stereocenters. The monoisotopic (exact) mass is 359 g/mol. The summed E-state index contributed by atoms with van der Waals surface area (Å²) in [7, 11) is 1.64. The molecule has 0 heterocycles. The van der Waals surface area contributed by atoms with Gasteiger partial charge in [-0.1, -0.05) is 45.2 Å². The van der Waals surface area contributed by atoms with Crippen molar-refractivity contribution in [3.63, 3.8) is 0 Å². The van der Waals surface area contributed by atoms with Crippen molar-refractivity contribution in [2.75, 3.05) is 12.4 Å². The second-order valence-electron chi connectivity index (χ2n) is 3.91. The van der Waals surface area contributed by atoms with Gasteiger partial charge in [-0.25, -0.2) is 0 Å². The van der Waals surface area contributed by atoms with E-state index < -0.39 is 0 Å². The normalized spacial score (nSPS) is 10.3. The van der Waals surface area contributed by atoms with Gasteiger partial charge in [0.05, 0.1) is 22.8 Å². The summed E-state index contributed by atoms with van der Waals surface area (Å²) in [6.07, 6.45) is 0. The van der Waals surface area contributed by atoms with E-state index in [0.29, 0.717) is 16.6 Å². The highest BCUT2D eigenvalue weighted by atomic mass is 79.9. The van der Waals surface area contributed by atoms with Crippen LogP contribution in [0.25, 0.3) is 0 Å². The van der Waals surface area contributed by atoms with E-state index >= 15 is 0 Å². The number of anilines is 1. The summed E-state index contributed by atoms with van der Waals surface area (Å²) >= 11 is 15.7. The van der Waals surface area contributed by atoms with E-state index in [4.69, 9.17) is 27.9 Å². The first-order valence-corrected chi connectivity index (χ1v) is 7.17. The zero-order valence-electron chi connectivity index (χ0n) is 10.2. The summed E-state index contributed by atoms with van der Waals surface area (Å²) in [6, 6.07) is 11.2. The third kappa shape index (κ3) is 3.56. The Morgan fingerprint density at radius 3 is 2.47 bits per heavy atom. The lowest BCUT2D eigenvalue weighted by Gasteiger charge is -2.12. The molecule has 0 aliphatic heterocycles. The van der Waals surface area contributed by atoms with Gasteiger partial charge in [-0.3, -0.25) is 0 Å². The molecule has 0 bridgehead atoms.